The lowest BCUT2D eigenvalue weighted by Gasteiger charge is -2.14. The zero-order chi connectivity index (χ0) is 16.2. The van der Waals surface area contributed by atoms with Gasteiger partial charge in [-0.3, -0.25) is 4.72 Å². The molecule has 0 saturated carbocycles. The smallest absolute Gasteiger partial charge is 0.422 e. The molecule has 0 aromatic heterocycles. The number of amides is 1. The van der Waals surface area contributed by atoms with E-state index in [-0.39, 0.29) is 10.7 Å². The molecular weight excluding hydrogens is 382 g/mol. The van der Waals surface area contributed by atoms with Crippen molar-refractivity contribution in [2.24, 2.45) is 5.73 Å². The van der Waals surface area contributed by atoms with Crippen LogP contribution in [-0.4, -0.2) is 25.6 Å². The van der Waals surface area contributed by atoms with Gasteiger partial charge < -0.3 is 10.5 Å². The summed E-state index contributed by atoms with van der Waals surface area (Å²) in [6, 6.07) is 4.63. The van der Waals surface area contributed by atoms with Crippen LogP contribution in [0.5, 0.6) is 0 Å². The van der Waals surface area contributed by atoms with Crippen LogP contribution < -0.4 is 15.2 Å². The minimum atomic E-state index is -4.15. The number of nitrogens with one attached hydrogen (secondary N) is 2. The molecule has 116 valence electrons. The second kappa shape index (κ2) is 7.05. The van der Waals surface area contributed by atoms with Gasteiger partial charge in [-0.05, 0) is 32.0 Å². The van der Waals surface area contributed by atoms with Crippen molar-refractivity contribution in [3.63, 3.8) is 0 Å². The van der Waals surface area contributed by atoms with Crippen molar-refractivity contribution in [1.29, 1.82) is 0 Å². The molecule has 0 spiro atoms. The van der Waals surface area contributed by atoms with Crippen molar-refractivity contribution in [3.05, 3.63) is 28.2 Å². The van der Waals surface area contributed by atoms with E-state index in [0.29, 0.717) is 10.0 Å². The van der Waals surface area contributed by atoms with Crippen LogP contribution in [0.1, 0.15) is 19.4 Å². The first-order valence-corrected chi connectivity index (χ1v) is 8.39. The molecule has 4 N–H and O–H groups in total. The third-order valence-corrected chi connectivity index (χ3v) is 3.69. The monoisotopic (exact) mass is 395 g/mol. The van der Waals surface area contributed by atoms with Gasteiger partial charge in [0.25, 0.3) is 0 Å². The highest BCUT2D eigenvalue weighted by molar-refractivity contribution is 9.10. The Morgan fingerprint density at radius 1 is 1.43 bits per heavy atom. The SMILES string of the molecule is CC(C)OC(=O)NS(=O)(=O)Nc1ccc(Br)cc1C(N)=S. The number of benzene rings is 1. The van der Waals surface area contributed by atoms with E-state index in [1.807, 2.05) is 0 Å². The largest absolute Gasteiger partial charge is 0.446 e. The molecule has 0 fully saturated rings. The van der Waals surface area contributed by atoms with E-state index in [0.717, 1.165) is 0 Å². The molecule has 10 heteroatoms. The Kier molecular flexibility index (Phi) is 5.93. The highest BCUT2D eigenvalue weighted by Crippen LogP contribution is 2.21. The minimum Gasteiger partial charge on any atom is -0.446 e. The maximum Gasteiger partial charge on any atom is 0.422 e. The van der Waals surface area contributed by atoms with E-state index in [1.165, 1.54) is 6.07 Å². The number of rotatable bonds is 5. The molecule has 1 aromatic carbocycles. The fraction of sp³-hybridized carbons (Fsp3) is 0.273. The molecule has 1 amide bonds. The predicted molar refractivity (Wildman–Crippen MR) is 87.3 cm³/mol. The molecule has 7 nitrogen and oxygen atoms in total. The van der Waals surface area contributed by atoms with Gasteiger partial charge in [-0.25, -0.2) is 9.52 Å². The number of carbonyl (C=O) groups is 1. The Bertz CT molecular complexity index is 661. The van der Waals surface area contributed by atoms with Gasteiger partial charge in [0, 0.05) is 10.0 Å². The quantitative estimate of drug-likeness (QED) is 0.656. The van der Waals surface area contributed by atoms with E-state index in [9.17, 15) is 13.2 Å². The third-order valence-electron chi connectivity index (χ3n) is 2.05. The first-order chi connectivity index (χ1) is 9.60. The molecule has 0 saturated heterocycles. The zero-order valence-corrected chi connectivity index (χ0v) is 14.4. The normalized spacial score (nSPS) is 11.0. The van der Waals surface area contributed by atoms with Gasteiger partial charge in [0.15, 0.2) is 0 Å². The molecule has 0 aliphatic rings. The zero-order valence-electron chi connectivity index (χ0n) is 11.2. The number of halogens is 1. The standard InChI is InChI=1S/C11H14BrN3O4S2/c1-6(2)19-11(16)15-21(17,18)14-9-4-3-7(12)5-8(9)10(13)20/h3-6,14H,1-2H3,(H2,13,20)(H,15,16). The third kappa shape index (κ3) is 5.86. The number of hydrogen-bond acceptors (Lipinski definition) is 5. The van der Waals surface area contributed by atoms with Crippen LogP contribution in [0.3, 0.4) is 0 Å². The van der Waals surface area contributed by atoms with Crippen LogP contribution in [0.25, 0.3) is 0 Å². The van der Waals surface area contributed by atoms with E-state index < -0.39 is 22.4 Å². The van der Waals surface area contributed by atoms with Gasteiger partial charge in [0.1, 0.15) is 4.99 Å². The molecule has 0 unspecified atom stereocenters. The molecule has 1 rings (SSSR count). The van der Waals surface area contributed by atoms with Gasteiger partial charge in [0.2, 0.25) is 0 Å². The average molecular weight is 396 g/mol. The minimum absolute atomic E-state index is 0.0127. The van der Waals surface area contributed by atoms with E-state index in [1.54, 1.807) is 30.7 Å². The number of hydrogen-bond donors (Lipinski definition) is 3. The molecule has 0 bridgehead atoms. The molecule has 0 atom stereocenters. The van der Waals surface area contributed by atoms with Crippen molar-refractivity contribution in [2.45, 2.75) is 20.0 Å². The summed E-state index contributed by atoms with van der Waals surface area (Å²) in [5.74, 6) is 0. The average Bonchev–Trinajstić information content (AvgIpc) is 2.28. The second-order valence-corrected chi connectivity index (χ2v) is 6.99. The molecule has 0 radical (unpaired) electrons. The molecule has 21 heavy (non-hydrogen) atoms. The van der Waals surface area contributed by atoms with Crippen molar-refractivity contribution in [1.82, 2.24) is 4.72 Å². The molecular formula is C11H14BrN3O4S2. The van der Waals surface area contributed by atoms with Crippen molar-refractivity contribution in [2.75, 3.05) is 4.72 Å². The Labute approximate surface area is 136 Å². The molecule has 0 aliphatic carbocycles. The summed E-state index contributed by atoms with van der Waals surface area (Å²) in [7, 11) is -4.15. The van der Waals surface area contributed by atoms with E-state index in [2.05, 4.69) is 20.7 Å². The number of ether oxygens (including phenoxy) is 1. The van der Waals surface area contributed by atoms with Gasteiger partial charge in [-0.1, -0.05) is 28.1 Å². The molecule has 1 aromatic rings. The highest BCUT2D eigenvalue weighted by atomic mass is 79.9. The summed E-state index contributed by atoms with van der Waals surface area (Å²) in [4.78, 5) is 11.3. The number of anilines is 1. The maximum atomic E-state index is 11.8. The van der Waals surface area contributed by atoms with Crippen LogP contribution in [0, 0.1) is 0 Å². The maximum absolute atomic E-state index is 11.8. The van der Waals surface area contributed by atoms with Crippen LogP contribution in [-0.2, 0) is 14.9 Å². The van der Waals surface area contributed by atoms with Gasteiger partial charge in [-0.15, -0.1) is 0 Å². The first kappa shape index (κ1) is 17.7. The number of nitrogens with two attached hydrogens (primary N) is 1. The van der Waals surface area contributed by atoms with E-state index in [4.69, 9.17) is 22.7 Å². The molecule has 0 heterocycles. The van der Waals surface area contributed by atoms with Crippen molar-refractivity contribution < 1.29 is 17.9 Å². The topological polar surface area (TPSA) is 111 Å². The predicted octanol–water partition coefficient (Wildman–Crippen LogP) is 1.87. The summed E-state index contributed by atoms with van der Waals surface area (Å²) < 4.78 is 32.9. The van der Waals surface area contributed by atoms with Crippen LogP contribution >= 0.6 is 28.1 Å². The highest BCUT2D eigenvalue weighted by Gasteiger charge is 2.18. The lowest BCUT2D eigenvalue weighted by molar-refractivity contribution is 0.121. The number of thiocarbonyl (C=S) groups is 1. The summed E-state index contributed by atoms with van der Waals surface area (Å²) in [6.07, 6.45) is -1.52. The van der Waals surface area contributed by atoms with Crippen molar-refractivity contribution in [3.8, 4) is 0 Å². The fourth-order valence-electron chi connectivity index (χ4n) is 1.33. The number of carbonyl (C=O) groups excluding carboxylic acids is 1. The lowest BCUT2D eigenvalue weighted by atomic mass is 10.2. The summed E-state index contributed by atoms with van der Waals surface area (Å²) in [6.45, 7) is 3.19. The Morgan fingerprint density at radius 3 is 2.57 bits per heavy atom. The van der Waals surface area contributed by atoms with Gasteiger partial charge in [0.05, 0.1) is 11.8 Å². The Balaban J connectivity index is 2.94. The summed E-state index contributed by atoms with van der Waals surface area (Å²) >= 11 is 8.08. The fourth-order valence-corrected chi connectivity index (χ4v) is 2.64. The first-order valence-electron chi connectivity index (χ1n) is 5.71. The van der Waals surface area contributed by atoms with Crippen LogP contribution in [0.15, 0.2) is 22.7 Å². The Morgan fingerprint density at radius 2 is 2.05 bits per heavy atom. The second-order valence-electron chi connectivity index (χ2n) is 4.22. The van der Waals surface area contributed by atoms with Crippen LogP contribution in [0.2, 0.25) is 0 Å². The van der Waals surface area contributed by atoms with Gasteiger partial charge in [-0.2, -0.15) is 8.42 Å². The van der Waals surface area contributed by atoms with Gasteiger partial charge >= 0.3 is 16.3 Å². The summed E-state index contributed by atoms with van der Waals surface area (Å²) in [5.41, 5.74) is 6.00. The van der Waals surface area contributed by atoms with E-state index >= 15 is 0 Å². The van der Waals surface area contributed by atoms with Crippen LogP contribution in [0.4, 0.5) is 10.5 Å². The molecule has 0 aliphatic heterocycles. The van der Waals surface area contributed by atoms with Crippen molar-refractivity contribution >= 4 is 55.1 Å². The lowest BCUT2D eigenvalue weighted by Crippen LogP contribution is -2.37. The summed E-state index contributed by atoms with van der Waals surface area (Å²) in [5, 5.41) is 0. The Hall–Kier alpha value is -1.39.